The Labute approximate surface area is 154 Å². The molecular weight excluding hydrogens is 484 g/mol. The lowest BCUT2D eigenvalue weighted by Gasteiger charge is -2.45. The van der Waals surface area contributed by atoms with Gasteiger partial charge in [-0.05, 0) is 0 Å². The van der Waals surface area contributed by atoms with Crippen LogP contribution in [0.2, 0.25) is 0 Å². The second-order valence-electron chi connectivity index (χ2n) is 5.22. The van der Waals surface area contributed by atoms with Gasteiger partial charge in [0.05, 0.1) is 0 Å². The quantitative estimate of drug-likeness (QED) is 0.145. The summed E-state index contributed by atoms with van der Waals surface area (Å²) in [6.07, 6.45) is -15.9. The van der Waals surface area contributed by atoms with E-state index < -0.39 is 67.9 Å². The first-order valence-corrected chi connectivity index (χ1v) is 12.6. The van der Waals surface area contributed by atoms with Crippen molar-refractivity contribution in [2.24, 2.45) is 0 Å². The summed E-state index contributed by atoms with van der Waals surface area (Å²) in [6, 6.07) is 0. The minimum absolute atomic E-state index is 2.61. The summed E-state index contributed by atoms with van der Waals surface area (Å²) in [6.45, 7) is 0. The van der Waals surface area contributed by atoms with Gasteiger partial charge < -0.3 is 49.4 Å². The minimum Gasteiger partial charge on any atom is -0.387 e. The van der Waals surface area contributed by atoms with Gasteiger partial charge in [-0.2, -0.15) is 0 Å². The highest BCUT2D eigenvalue weighted by molar-refractivity contribution is 7.47. The van der Waals surface area contributed by atoms with Gasteiger partial charge in [0.25, 0.3) is 0 Å². The normalized spacial score (nSPS) is 33.1. The Morgan fingerprint density at radius 2 is 0.571 bits per heavy atom. The third kappa shape index (κ3) is 8.62. The first-order chi connectivity index (χ1) is 12.2. The second kappa shape index (κ2) is 8.85. The molecule has 1 aliphatic carbocycles. The van der Waals surface area contributed by atoms with Gasteiger partial charge >= 0.3 is 31.3 Å². The summed E-state index contributed by atoms with van der Waals surface area (Å²) in [5, 5.41) is 20.2. The van der Waals surface area contributed by atoms with Gasteiger partial charge in [0.1, 0.15) is 36.6 Å². The van der Waals surface area contributed by atoms with E-state index >= 15 is 0 Å². The minimum atomic E-state index is -5.59. The van der Waals surface area contributed by atoms with E-state index in [1.54, 1.807) is 0 Å². The lowest BCUT2D eigenvalue weighted by atomic mass is 9.85. The summed E-state index contributed by atoms with van der Waals surface area (Å²) in [4.78, 5) is 70.9. The fourth-order valence-corrected chi connectivity index (χ4v) is 4.52. The molecule has 2 unspecified atom stereocenters. The molecule has 18 nitrogen and oxygen atoms in total. The zero-order valence-electron chi connectivity index (χ0n) is 13.0. The highest BCUT2D eigenvalue weighted by Gasteiger charge is 2.58. The Kier molecular flexibility index (Phi) is 8.34. The summed E-state index contributed by atoms with van der Waals surface area (Å²) in [5.74, 6) is 0. The van der Waals surface area contributed by atoms with Crippen molar-refractivity contribution in [3.05, 3.63) is 0 Å². The van der Waals surface area contributed by atoms with Crippen LogP contribution in [-0.4, -0.2) is 86.0 Å². The van der Waals surface area contributed by atoms with E-state index in [9.17, 15) is 28.5 Å². The molecule has 6 atom stereocenters. The third-order valence-corrected chi connectivity index (χ3v) is 5.10. The van der Waals surface area contributed by atoms with Crippen LogP contribution >= 0.6 is 31.3 Å². The Bertz CT molecular complexity index is 604. The molecule has 0 aromatic carbocycles. The maximum Gasteiger partial charge on any atom is 0.470 e. The van der Waals surface area contributed by atoms with Crippen LogP contribution in [0.3, 0.4) is 0 Å². The van der Waals surface area contributed by atoms with Gasteiger partial charge in [-0.3, -0.25) is 18.1 Å². The molecule has 22 heteroatoms. The van der Waals surface area contributed by atoms with Gasteiger partial charge in [-0.25, -0.2) is 18.3 Å². The van der Waals surface area contributed by atoms with E-state index in [1.807, 2.05) is 0 Å². The molecule has 1 fully saturated rings. The molecule has 0 amide bonds. The molecule has 0 spiro atoms. The van der Waals surface area contributed by atoms with E-state index in [0.29, 0.717) is 0 Å². The molecule has 0 aliphatic heterocycles. The van der Waals surface area contributed by atoms with Gasteiger partial charge in [0, 0.05) is 0 Å². The molecule has 10 N–H and O–H groups in total. The van der Waals surface area contributed by atoms with Crippen LogP contribution in [0.15, 0.2) is 0 Å². The lowest BCUT2D eigenvalue weighted by molar-refractivity contribution is -0.208. The molecule has 0 aromatic heterocycles. The summed E-state index contributed by atoms with van der Waals surface area (Å²) < 4.78 is 60.4. The van der Waals surface area contributed by atoms with E-state index in [4.69, 9.17) is 39.1 Å². The maximum absolute atomic E-state index is 11.0. The molecule has 0 heterocycles. The van der Waals surface area contributed by atoms with Crippen molar-refractivity contribution < 1.29 is 85.7 Å². The average Bonchev–Trinajstić information content (AvgIpc) is 2.39. The van der Waals surface area contributed by atoms with E-state index in [-0.39, 0.29) is 0 Å². The lowest BCUT2D eigenvalue weighted by Crippen LogP contribution is -2.65. The van der Waals surface area contributed by atoms with E-state index in [0.717, 1.165) is 0 Å². The number of phosphoric acid groups is 4. The maximum atomic E-state index is 11.0. The number of aliphatic hydroxyl groups is 2. The summed E-state index contributed by atoms with van der Waals surface area (Å²) >= 11 is 0. The Hall–Kier alpha value is 0.360. The van der Waals surface area contributed by atoms with Crippen molar-refractivity contribution in [1.29, 1.82) is 0 Å². The third-order valence-electron chi connectivity index (χ3n) is 3.03. The zero-order valence-corrected chi connectivity index (χ0v) is 16.6. The van der Waals surface area contributed by atoms with Gasteiger partial charge in [-0.1, -0.05) is 0 Å². The molecule has 0 aromatic rings. The highest BCUT2D eigenvalue weighted by atomic mass is 31.2. The Morgan fingerprint density at radius 1 is 0.429 bits per heavy atom. The standard InChI is InChI=1S/C6H16O18P4/c7-1-3(21-25(9,10)11)5(23-27(15,16)17)2(8)6(24-28(18,19)20)4(1)22-26(12,13)14/h1-8H,(H2,9,10,11)(H2,12,13,14)(H2,15,16,17)(H2,18,19,20)/t1?,2?,3-,4+,5-,6+. The van der Waals surface area contributed by atoms with Crippen LogP contribution in [0.4, 0.5) is 0 Å². The van der Waals surface area contributed by atoms with Crippen molar-refractivity contribution >= 4 is 31.3 Å². The van der Waals surface area contributed by atoms with Crippen LogP contribution in [0.25, 0.3) is 0 Å². The van der Waals surface area contributed by atoms with Crippen molar-refractivity contribution in [3.8, 4) is 0 Å². The molecule has 1 aliphatic rings. The van der Waals surface area contributed by atoms with E-state index in [2.05, 4.69) is 18.1 Å². The first-order valence-electron chi connectivity index (χ1n) is 6.52. The SMILES string of the molecule is O=P(O)(O)O[C@@H]1C(O)[C@H](OP(=O)(O)O)[C@@H](OP(=O)(O)O)C(O)[C@H]1OP(=O)(O)O. The molecule has 168 valence electrons. The van der Waals surface area contributed by atoms with Crippen molar-refractivity contribution in [3.63, 3.8) is 0 Å². The number of hydrogen-bond donors (Lipinski definition) is 10. The first kappa shape index (κ1) is 26.4. The van der Waals surface area contributed by atoms with Crippen molar-refractivity contribution in [2.45, 2.75) is 36.6 Å². The number of aliphatic hydroxyl groups excluding tert-OH is 2. The predicted molar refractivity (Wildman–Crippen MR) is 79.7 cm³/mol. The van der Waals surface area contributed by atoms with Gasteiger partial charge in [-0.15, -0.1) is 0 Å². The van der Waals surface area contributed by atoms with Crippen LogP contribution in [0.5, 0.6) is 0 Å². The van der Waals surface area contributed by atoms with Crippen LogP contribution < -0.4 is 0 Å². The Balaban J connectivity index is 3.47. The molecule has 1 rings (SSSR count). The van der Waals surface area contributed by atoms with Crippen LogP contribution in [0, 0.1) is 0 Å². The summed E-state index contributed by atoms with van der Waals surface area (Å²) in [7, 11) is -22.3. The zero-order chi connectivity index (χ0) is 22.3. The Morgan fingerprint density at radius 3 is 0.679 bits per heavy atom. The molecular formula is C6H16O18P4. The molecule has 0 bridgehead atoms. The number of phosphoric ester groups is 4. The second-order valence-corrected chi connectivity index (χ2v) is 9.99. The number of rotatable bonds is 8. The smallest absolute Gasteiger partial charge is 0.387 e. The average molecular weight is 500 g/mol. The predicted octanol–water partition coefficient (Wildman–Crippen LogP) is -3.37. The van der Waals surface area contributed by atoms with Crippen LogP contribution in [-0.2, 0) is 36.4 Å². The largest absolute Gasteiger partial charge is 0.470 e. The van der Waals surface area contributed by atoms with Crippen LogP contribution in [0.1, 0.15) is 0 Å². The monoisotopic (exact) mass is 500 g/mol. The van der Waals surface area contributed by atoms with Gasteiger partial charge in [0.2, 0.25) is 0 Å². The molecule has 0 saturated heterocycles. The van der Waals surface area contributed by atoms with E-state index in [1.165, 1.54) is 0 Å². The van der Waals surface area contributed by atoms with Crippen molar-refractivity contribution in [1.82, 2.24) is 0 Å². The molecule has 28 heavy (non-hydrogen) atoms. The highest BCUT2D eigenvalue weighted by Crippen LogP contribution is 2.51. The number of hydrogen-bond acceptors (Lipinski definition) is 10. The fraction of sp³-hybridized carbons (Fsp3) is 1.00. The molecule has 0 radical (unpaired) electrons. The van der Waals surface area contributed by atoms with Gasteiger partial charge in [0.15, 0.2) is 0 Å². The summed E-state index contributed by atoms with van der Waals surface area (Å²) in [5.41, 5.74) is 0. The van der Waals surface area contributed by atoms with Crippen molar-refractivity contribution in [2.75, 3.05) is 0 Å². The topological polar surface area (TPSA) is 308 Å². The molecule has 1 saturated carbocycles. The fourth-order valence-electron chi connectivity index (χ4n) is 2.27.